The highest BCUT2D eigenvalue weighted by molar-refractivity contribution is 5.75. The number of fused-ring (bicyclic) bond motifs is 1. The molecule has 3 unspecified atom stereocenters. The van der Waals surface area contributed by atoms with Gasteiger partial charge in [-0.25, -0.2) is 4.79 Å². The van der Waals surface area contributed by atoms with Gasteiger partial charge in [0.1, 0.15) is 13.2 Å². The van der Waals surface area contributed by atoms with Crippen LogP contribution in [-0.2, 0) is 0 Å². The molecule has 3 aliphatic rings. The molecule has 0 bridgehead atoms. The molecule has 5 heteroatoms. The molecule has 136 valence electrons. The molecule has 2 amide bonds. The highest BCUT2D eigenvalue weighted by atomic mass is 16.6. The first kappa shape index (κ1) is 16.6. The third-order valence-corrected chi connectivity index (χ3v) is 5.89. The zero-order valence-electron chi connectivity index (χ0n) is 15.0. The number of carbonyl (C=O) groups is 1. The highest BCUT2D eigenvalue weighted by Gasteiger charge is 2.33. The number of ether oxygens (including phenoxy) is 2. The third kappa shape index (κ3) is 3.42. The van der Waals surface area contributed by atoms with E-state index in [9.17, 15) is 4.79 Å². The highest BCUT2D eigenvalue weighted by Crippen LogP contribution is 2.38. The number of hydrogen-bond acceptors (Lipinski definition) is 3. The third-order valence-electron chi connectivity index (χ3n) is 5.89. The Morgan fingerprint density at radius 1 is 1.08 bits per heavy atom. The van der Waals surface area contributed by atoms with Gasteiger partial charge in [0.2, 0.25) is 0 Å². The predicted molar refractivity (Wildman–Crippen MR) is 96.1 cm³/mol. The van der Waals surface area contributed by atoms with E-state index in [4.69, 9.17) is 9.47 Å². The van der Waals surface area contributed by atoms with Crippen molar-refractivity contribution in [2.75, 3.05) is 19.8 Å². The fourth-order valence-electron chi connectivity index (χ4n) is 4.40. The van der Waals surface area contributed by atoms with Crippen LogP contribution in [0, 0.1) is 5.92 Å². The Hall–Kier alpha value is -1.91. The molecule has 2 fully saturated rings. The van der Waals surface area contributed by atoms with Crippen molar-refractivity contribution >= 4 is 6.03 Å². The van der Waals surface area contributed by atoms with Crippen molar-refractivity contribution in [1.29, 1.82) is 0 Å². The van der Waals surface area contributed by atoms with Gasteiger partial charge in [0.25, 0.3) is 0 Å². The number of rotatable bonds is 2. The lowest BCUT2D eigenvalue weighted by atomic mass is 9.86. The van der Waals surface area contributed by atoms with Crippen LogP contribution in [0.2, 0.25) is 0 Å². The van der Waals surface area contributed by atoms with Crippen molar-refractivity contribution in [3.8, 4) is 11.5 Å². The molecule has 1 saturated carbocycles. The quantitative estimate of drug-likeness (QED) is 0.886. The molecule has 1 N–H and O–H groups in total. The monoisotopic (exact) mass is 344 g/mol. The van der Waals surface area contributed by atoms with E-state index in [0.29, 0.717) is 25.2 Å². The van der Waals surface area contributed by atoms with Crippen LogP contribution >= 0.6 is 0 Å². The number of amides is 2. The maximum Gasteiger partial charge on any atom is 0.318 e. The summed E-state index contributed by atoms with van der Waals surface area (Å²) < 4.78 is 11.3. The number of hydrogen-bond donors (Lipinski definition) is 1. The van der Waals surface area contributed by atoms with Gasteiger partial charge in [0, 0.05) is 12.6 Å². The van der Waals surface area contributed by atoms with Gasteiger partial charge in [-0.3, -0.25) is 0 Å². The topological polar surface area (TPSA) is 50.8 Å². The van der Waals surface area contributed by atoms with Crippen LogP contribution < -0.4 is 14.8 Å². The molecule has 1 saturated heterocycles. The molecule has 1 aromatic carbocycles. The average molecular weight is 344 g/mol. The molecule has 0 aromatic heterocycles. The van der Waals surface area contributed by atoms with Crippen molar-refractivity contribution in [1.82, 2.24) is 10.2 Å². The summed E-state index contributed by atoms with van der Waals surface area (Å²) in [7, 11) is 0. The Morgan fingerprint density at radius 3 is 2.72 bits per heavy atom. The van der Waals surface area contributed by atoms with Gasteiger partial charge >= 0.3 is 6.03 Å². The Labute approximate surface area is 149 Å². The first-order valence-electron chi connectivity index (χ1n) is 9.69. The summed E-state index contributed by atoms with van der Waals surface area (Å²) in [4.78, 5) is 14.9. The fourth-order valence-corrected chi connectivity index (χ4v) is 4.40. The summed E-state index contributed by atoms with van der Waals surface area (Å²) in [5.74, 6) is 2.19. The normalized spacial score (nSPS) is 28.7. The van der Waals surface area contributed by atoms with Crippen molar-refractivity contribution in [3.05, 3.63) is 23.8 Å². The smallest absolute Gasteiger partial charge is 0.318 e. The Balaban J connectivity index is 1.47. The SMILES string of the molecule is CC1CCCCC1NC(=O)N1CCCC1c1ccc2c(c1)OCCO2. The number of nitrogens with one attached hydrogen (secondary N) is 1. The molecule has 2 heterocycles. The first-order chi connectivity index (χ1) is 12.2. The Kier molecular flexibility index (Phi) is 4.73. The molecular formula is C20H28N2O3. The van der Waals surface area contributed by atoms with Gasteiger partial charge in [-0.1, -0.05) is 25.8 Å². The van der Waals surface area contributed by atoms with Crippen molar-refractivity contribution in [3.63, 3.8) is 0 Å². The first-order valence-corrected chi connectivity index (χ1v) is 9.69. The van der Waals surface area contributed by atoms with Crippen molar-refractivity contribution < 1.29 is 14.3 Å². The lowest BCUT2D eigenvalue weighted by molar-refractivity contribution is 0.169. The molecule has 1 aromatic rings. The minimum absolute atomic E-state index is 0.0936. The van der Waals surface area contributed by atoms with E-state index in [1.54, 1.807) is 0 Å². The molecule has 2 aliphatic heterocycles. The molecule has 0 spiro atoms. The summed E-state index contributed by atoms with van der Waals surface area (Å²) in [6, 6.07) is 6.65. The largest absolute Gasteiger partial charge is 0.486 e. The van der Waals surface area contributed by atoms with Crippen LogP contribution in [0.15, 0.2) is 18.2 Å². The van der Waals surface area contributed by atoms with E-state index >= 15 is 0 Å². The van der Waals surface area contributed by atoms with E-state index in [2.05, 4.69) is 18.3 Å². The maximum atomic E-state index is 12.9. The zero-order valence-corrected chi connectivity index (χ0v) is 15.0. The van der Waals surface area contributed by atoms with E-state index in [1.165, 1.54) is 19.3 Å². The van der Waals surface area contributed by atoms with E-state index < -0.39 is 0 Å². The summed E-state index contributed by atoms with van der Waals surface area (Å²) in [6.07, 6.45) is 6.89. The fraction of sp³-hybridized carbons (Fsp3) is 0.650. The molecule has 25 heavy (non-hydrogen) atoms. The summed E-state index contributed by atoms with van der Waals surface area (Å²) >= 11 is 0. The van der Waals surface area contributed by atoms with E-state index in [0.717, 1.165) is 42.9 Å². The van der Waals surface area contributed by atoms with Crippen molar-refractivity contribution in [2.24, 2.45) is 5.92 Å². The second-order valence-electron chi connectivity index (χ2n) is 7.57. The van der Waals surface area contributed by atoms with Crippen LogP contribution in [0.1, 0.15) is 57.1 Å². The van der Waals surface area contributed by atoms with Crippen LogP contribution in [0.4, 0.5) is 4.79 Å². The molecule has 0 radical (unpaired) electrons. The van der Waals surface area contributed by atoms with Crippen LogP contribution in [0.5, 0.6) is 11.5 Å². The van der Waals surface area contributed by atoms with E-state index in [-0.39, 0.29) is 12.1 Å². The summed E-state index contributed by atoms with van der Waals surface area (Å²) in [6.45, 7) is 4.27. The predicted octanol–water partition coefficient (Wildman–Crippen LogP) is 3.88. The zero-order chi connectivity index (χ0) is 17.2. The molecular weight excluding hydrogens is 316 g/mol. The van der Waals surface area contributed by atoms with Gasteiger partial charge in [-0.15, -0.1) is 0 Å². The number of likely N-dealkylation sites (tertiary alicyclic amines) is 1. The van der Waals surface area contributed by atoms with E-state index in [1.807, 2.05) is 17.0 Å². The summed E-state index contributed by atoms with van der Waals surface area (Å²) in [5.41, 5.74) is 1.15. The molecule has 1 aliphatic carbocycles. The maximum absolute atomic E-state index is 12.9. The number of urea groups is 1. The summed E-state index contributed by atoms with van der Waals surface area (Å²) in [5, 5.41) is 3.30. The minimum Gasteiger partial charge on any atom is -0.486 e. The van der Waals surface area contributed by atoms with Gasteiger partial charge in [-0.05, 0) is 49.3 Å². The Bertz CT molecular complexity index is 633. The Morgan fingerprint density at radius 2 is 1.88 bits per heavy atom. The van der Waals surface area contributed by atoms with Crippen LogP contribution in [-0.4, -0.2) is 36.7 Å². The van der Waals surface area contributed by atoms with Crippen LogP contribution in [0.3, 0.4) is 0 Å². The van der Waals surface area contributed by atoms with Crippen LogP contribution in [0.25, 0.3) is 0 Å². The lowest BCUT2D eigenvalue weighted by Gasteiger charge is -2.33. The van der Waals surface area contributed by atoms with Gasteiger partial charge in [0.15, 0.2) is 11.5 Å². The van der Waals surface area contributed by atoms with Gasteiger partial charge in [0.05, 0.1) is 6.04 Å². The number of benzene rings is 1. The lowest BCUT2D eigenvalue weighted by Crippen LogP contribution is -2.47. The van der Waals surface area contributed by atoms with Gasteiger partial charge in [-0.2, -0.15) is 0 Å². The molecule has 4 rings (SSSR count). The minimum atomic E-state index is 0.0936. The van der Waals surface area contributed by atoms with Gasteiger partial charge < -0.3 is 19.7 Å². The number of carbonyl (C=O) groups excluding carboxylic acids is 1. The second-order valence-corrected chi connectivity index (χ2v) is 7.57. The number of nitrogens with zero attached hydrogens (tertiary/aromatic N) is 1. The average Bonchev–Trinajstić information content (AvgIpc) is 3.13. The standard InChI is InChI=1S/C20H28N2O3/c1-14-5-2-3-6-16(14)21-20(23)22-10-4-7-17(22)15-8-9-18-19(13-15)25-12-11-24-18/h8-9,13-14,16-17H,2-7,10-12H2,1H3,(H,21,23). The second kappa shape index (κ2) is 7.14. The molecule has 3 atom stereocenters. The van der Waals surface area contributed by atoms with Crippen molar-refractivity contribution in [2.45, 2.75) is 57.5 Å². The molecule has 5 nitrogen and oxygen atoms in total.